The molecule has 0 fully saturated rings. The fraction of sp³-hybridized carbons (Fsp3) is 0.170. The van der Waals surface area contributed by atoms with Crippen LogP contribution in [0.1, 0.15) is 51.7 Å². The molecule has 0 amide bonds. The Morgan fingerprint density at radius 1 is 0.380 bits per heavy atom. The average Bonchev–Trinajstić information content (AvgIpc) is 3.16. The van der Waals surface area contributed by atoms with Gasteiger partial charge < -0.3 is 0 Å². The Morgan fingerprint density at radius 2 is 0.920 bits per heavy atom. The number of benzene rings is 7. The van der Waals surface area contributed by atoms with Crippen molar-refractivity contribution in [2.45, 2.75) is 51.4 Å². The van der Waals surface area contributed by atoms with E-state index in [4.69, 9.17) is 15.0 Å². The summed E-state index contributed by atoms with van der Waals surface area (Å²) in [6.45, 7) is 9.56. The summed E-state index contributed by atoms with van der Waals surface area (Å²) < 4.78 is 0. The van der Waals surface area contributed by atoms with Gasteiger partial charge in [0.15, 0.2) is 17.5 Å². The van der Waals surface area contributed by atoms with Crippen LogP contribution in [0, 0.1) is 0 Å². The zero-order chi connectivity index (χ0) is 34.0. The number of rotatable bonds is 4. The highest BCUT2D eigenvalue weighted by molar-refractivity contribution is 6.09. The van der Waals surface area contributed by atoms with E-state index in [0.29, 0.717) is 17.5 Å². The largest absolute Gasteiger partial charge is 0.208 e. The summed E-state index contributed by atoms with van der Waals surface area (Å²) in [5.74, 6) is 2.00. The molecule has 1 aromatic heterocycles. The van der Waals surface area contributed by atoms with E-state index in [-0.39, 0.29) is 10.8 Å². The molecule has 0 bridgehead atoms. The quantitative estimate of drug-likeness (QED) is 0.179. The van der Waals surface area contributed by atoms with Crippen LogP contribution in [0.2, 0.25) is 0 Å². The topological polar surface area (TPSA) is 38.7 Å². The van der Waals surface area contributed by atoms with Crippen molar-refractivity contribution in [3.63, 3.8) is 0 Å². The van der Waals surface area contributed by atoms with Gasteiger partial charge in [-0.05, 0) is 90.4 Å². The van der Waals surface area contributed by atoms with Gasteiger partial charge in [-0.3, -0.25) is 0 Å². The van der Waals surface area contributed by atoms with Crippen LogP contribution in [-0.2, 0) is 10.8 Å². The lowest BCUT2D eigenvalue weighted by Crippen LogP contribution is -2.33. The van der Waals surface area contributed by atoms with Crippen molar-refractivity contribution in [1.82, 2.24) is 15.0 Å². The Bertz CT molecular complexity index is 2600. The molecule has 3 nitrogen and oxygen atoms in total. The highest BCUT2D eigenvalue weighted by Crippen LogP contribution is 2.47. The predicted octanol–water partition coefficient (Wildman–Crippen LogP) is 12.3. The summed E-state index contributed by atoms with van der Waals surface area (Å²) in [5, 5.41) is 7.15. The van der Waals surface area contributed by atoms with Gasteiger partial charge in [0.1, 0.15) is 0 Å². The first-order chi connectivity index (χ1) is 24.2. The van der Waals surface area contributed by atoms with Gasteiger partial charge in [0.2, 0.25) is 0 Å². The molecule has 0 saturated carbocycles. The zero-order valence-electron chi connectivity index (χ0n) is 29.0. The number of aromatic nitrogens is 3. The van der Waals surface area contributed by atoms with E-state index in [1.165, 1.54) is 62.0 Å². The Balaban J connectivity index is 1.23. The molecule has 3 heteroatoms. The van der Waals surface area contributed by atoms with Gasteiger partial charge in [0, 0.05) is 16.7 Å². The summed E-state index contributed by atoms with van der Waals surface area (Å²) in [4.78, 5) is 15.4. The van der Waals surface area contributed by atoms with Crippen molar-refractivity contribution in [2.75, 3.05) is 0 Å². The van der Waals surface area contributed by atoms with Crippen LogP contribution in [0.4, 0.5) is 0 Å². The molecule has 242 valence electrons. The van der Waals surface area contributed by atoms with Crippen LogP contribution < -0.4 is 0 Å². The van der Waals surface area contributed by atoms with Crippen LogP contribution in [0.15, 0.2) is 140 Å². The molecule has 0 spiro atoms. The highest BCUT2D eigenvalue weighted by atomic mass is 15.0. The first-order valence-electron chi connectivity index (χ1n) is 17.7. The average molecular weight is 646 g/mol. The van der Waals surface area contributed by atoms with Crippen LogP contribution in [0.3, 0.4) is 0 Å². The lowest BCUT2D eigenvalue weighted by molar-refractivity contribution is 0.332. The van der Waals surface area contributed by atoms with Crippen molar-refractivity contribution in [2.24, 2.45) is 0 Å². The summed E-state index contributed by atoms with van der Waals surface area (Å²) in [5.41, 5.74) is 8.67. The van der Waals surface area contributed by atoms with E-state index in [1.807, 2.05) is 18.2 Å². The van der Waals surface area contributed by atoms with Gasteiger partial charge in [-0.2, -0.15) is 0 Å². The van der Waals surface area contributed by atoms with E-state index >= 15 is 0 Å². The van der Waals surface area contributed by atoms with Crippen molar-refractivity contribution in [3.05, 3.63) is 151 Å². The van der Waals surface area contributed by atoms with Gasteiger partial charge in [-0.15, -0.1) is 0 Å². The van der Waals surface area contributed by atoms with Gasteiger partial charge in [-0.1, -0.05) is 155 Å². The Morgan fingerprint density at radius 3 is 1.68 bits per heavy atom. The van der Waals surface area contributed by atoms with Gasteiger partial charge in [-0.25, -0.2) is 15.0 Å². The van der Waals surface area contributed by atoms with Crippen molar-refractivity contribution < 1.29 is 0 Å². The minimum Gasteiger partial charge on any atom is -0.208 e. The minimum absolute atomic E-state index is 0.140. The summed E-state index contributed by atoms with van der Waals surface area (Å²) in [6, 6.07) is 50.0. The molecule has 8 aromatic rings. The standard InChI is InChI=1S/C47H39N3/c1-46(2)26-27-47(3,4)42-29-33(22-25-41(42)46)36-23-24-39(38-17-11-10-16-37(36)38)45-49-43(32-13-6-5-7-14-32)48-44(50-45)34-21-20-31-19-18-30-12-8-9-15-35(30)40(31)28-34/h5-25,28-29H,26-27H2,1-4H3. The molecular weight excluding hydrogens is 607 g/mol. The fourth-order valence-electron chi connectivity index (χ4n) is 7.98. The molecule has 9 rings (SSSR count). The first kappa shape index (κ1) is 30.4. The highest BCUT2D eigenvalue weighted by Gasteiger charge is 2.37. The number of fused-ring (bicyclic) bond motifs is 5. The van der Waals surface area contributed by atoms with Gasteiger partial charge >= 0.3 is 0 Å². The molecule has 0 N–H and O–H groups in total. The molecule has 0 radical (unpaired) electrons. The third-order valence-electron chi connectivity index (χ3n) is 11.0. The van der Waals surface area contributed by atoms with Crippen LogP contribution in [-0.4, -0.2) is 15.0 Å². The number of hydrogen-bond donors (Lipinski definition) is 0. The SMILES string of the molecule is CC1(C)CCC(C)(C)c2cc(-c3ccc(-c4nc(-c5ccccc5)nc(-c5ccc6ccc7ccccc7c6c5)n4)c4ccccc34)ccc21. The minimum atomic E-state index is 0.140. The molecule has 50 heavy (non-hydrogen) atoms. The van der Waals surface area contributed by atoms with Crippen molar-refractivity contribution in [1.29, 1.82) is 0 Å². The molecular formula is C47H39N3. The second kappa shape index (κ2) is 11.5. The third kappa shape index (κ3) is 5.08. The molecule has 0 aliphatic heterocycles. The predicted molar refractivity (Wildman–Crippen MR) is 209 cm³/mol. The number of nitrogens with zero attached hydrogens (tertiary/aromatic N) is 3. The Kier molecular flexibility index (Phi) is 6.96. The van der Waals surface area contributed by atoms with Crippen molar-refractivity contribution in [3.8, 4) is 45.3 Å². The molecule has 0 unspecified atom stereocenters. The smallest absolute Gasteiger partial charge is 0.164 e. The molecule has 1 aliphatic carbocycles. The van der Waals surface area contributed by atoms with Crippen LogP contribution in [0.25, 0.3) is 77.6 Å². The van der Waals surface area contributed by atoms with E-state index in [1.54, 1.807) is 0 Å². The third-order valence-corrected chi connectivity index (χ3v) is 11.0. The molecule has 1 heterocycles. The molecule has 0 atom stereocenters. The second-order valence-electron chi connectivity index (χ2n) is 15.1. The maximum absolute atomic E-state index is 5.21. The number of hydrogen-bond acceptors (Lipinski definition) is 3. The van der Waals surface area contributed by atoms with E-state index < -0.39 is 0 Å². The normalized spacial score (nSPS) is 15.0. The lowest BCUT2D eigenvalue weighted by atomic mass is 9.63. The van der Waals surface area contributed by atoms with Gasteiger partial charge in [0.05, 0.1) is 0 Å². The maximum atomic E-state index is 5.21. The Hall–Kier alpha value is -5.67. The second-order valence-corrected chi connectivity index (χ2v) is 15.1. The van der Waals surface area contributed by atoms with Gasteiger partial charge in [0.25, 0.3) is 0 Å². The van der Waals surface area contributed by atoms with E-state index in [2.05, 4.69) is 149 Å². The molecule has 0 saturated heterocycles. The van der Waals surface area contributed by atoms with Crippen molar-refractivity contribution >= 4 is 32.3 Å². The summed E-state index contributed by atoms with van der Waals surface area (Å²) in [7, 11) is 0. The van der Waals surface area contributed by atoms with E-state index in [0.717, 1.165) is 22.1 Å². The molecule has 7 aromatic carbocycles. The van der Waals surface area contributed by atoms with Crippen LogP contribution in [0.5, 0.6) is 0 Å². The molecule has 1 aliphatic rings. The monoisotopic (exact) mass is 645 g/mol. The summed E-state index contributed by atoms with van der Waals surface area (Å²) in [6.07, 6.45) is 2.40. The zero-order valence-corrected chi connectivity index (χ0v) is 29.0. The first-order valence-corrected chi connectivity index (χ1v) is 17.7. The lowest BCUT2D eigenvalue weighted by Gasteiger charge is -2.42. The Labute approximate surface area is 293 Å². The fourth-order valence-corrected chi connectivity index (χ4v) is 7.98. The maximum Gasteiger partial charge on any atom is 0.164 e. The summed E-state index contributed by atoms with van der Waals surface area (Å²) >= 11 is 0. The van der Waals surface area contributed by atoms with Crippen LogP contribution >= 0.6 is 0 Å². The van der Waals surface area contributed by atoms with E-state index in [9.17, 15) is 0 Å².